The lowest BCUT2D eigenvalue weighted by Gasteiger charge is -2.32. The van der Waals surface area contributed by atoms with Crippen molar-refractivity contribution in [1.82, 2.24) is 15.1 Å². The van der Waals surface area contributed by atoms with Crippen LogP contribution in [-0.2, 0) is 4.79 Å². The second-order valence-electron chi connectivity index (χ2n) is 7.21. The molecule has 7 nitrogen and oxygen atoms in total. The van der Waals surface area contributed by atoms with Crippen molar-refractivity contribution < 1.29 is 9.32 Å². The van der Waals surface area contributed by atoms with Crippen LogP contribution in [0.25, 0.3) is 11.1 Å². The number of aromatic nitrogens is 3. The Kier molecular flexibility index (Phi) is 4.51. The van der Waals surface area contributed by atoms with E-state index in [1.807, 2.05) is 26.0 Å². The summed E-state index contributed by atoms with van der Waals surface area (Å²) < 4.78 is 5.23. The molecule has 3 heterocycles. The van der Waals surface area contributed by atoms with E-state index in [-0.39, 0.29) is 11.8 Å². The molecule has 140 valence electrons. The van der Waals surface area contributed by atoms with Crippen LogP contribution >= 0.6 is 0 Å². The summed E-state index contributed by atoms with van der Waals surface area (Å²) in [7, 11) is 0. The molecular weight excluding hydrogens is 342 g/mol. The summed E-state index contributed by atoms with van der Waals surface area (Å²) >= 11 is 0. The van der Waals surface area contributed by atoms with Gasteiger partial charge in [-0.05, 0) is 45.2 Å². The van der Waals surface area contributed by atoms with Crippen LogP contribution in [0.4, 0.5) is 11.5 Å². The monoisotopic (exact) mass is 365 g/mol. The Balaban J connectivity index is 1.44. The number of carbonyl (C=O) groups excluding carboxylic acids is 1. The fourth-order valence-electron chi connectivity index (χ4n) is 3.69. The van der Waals surface area contributed by atoms with Crippen LogP contribution in [0, 0.1) is 26.7 Å². The molecule has 0 unspecified atom stereocenters. The van der Waals surface area contributed by atoms with E-state index in [1.165, 1.54) is 11.9 Å². The van der Waals surface area contributed by atoms with E-state index in [1.54, 1.807) is 0 Å². The molecule has 0 atom stereocenters. The third-order valence-corrected chi connectivity index (χ3v) is 5.23. The van der Waals surface area contributed by atoms with Gasteiger partial charge in [0.1, 0.15) is 17.5 Å². The van der Waals surface area contributed by atoms with Crippen molar-refractivity contribution in [3.05, 3.63) is 41.3 Å². The van der Waals surface area contributed by atoms with Gasteiger partial charge in [0.05, 0.1) is 5.69 Å². The average Bonchev–Trinajstić information content (AvgIpc) is 3.05. The number of anilines is 2. The summed E-state index contributed by atoms with van der Waals surface area (Å²) in [6, 6.07) is 6.08. The first-order chi connectivity index (χ1) is 13.0. The van der Waals surface area contributed by atoms with Crippen LogP contribution in [0.2, 0.25) is 0 Å². The third kappa shape index (κ3) is 3.37. The second kappa shape index (κ2) is 6.98. The maximum Gasteiger partial charge on any atom is 0.263 e. The summed E-state index contributed by atoms with van der Waals surface area (Å²) in [5.74, 6) is 0.936. The Hall–Kier alpha value is -2.96. The fraction of sp³-hybridized carbons (Fsp3) is 0.400. The normalized spacial score (nSPS) is 15.3. The van der Waals surface area contributed by atoms with Gasteiger partial charge in [0.25, 0.3) is 5.71 Å². The SMILES string of the molecule is Cc1ccc(NC(=O)C2CCN(c3ncnc4onc(C)c34)CC2)c(C)c1. The molecule has 1 aliphatic heterocycles. The van der Waals surface area contributed by atoms with Crippen LogP contribution in [0.1, 0.15) is 29.7 Å². The number of fused-ring (bicyclic) bond motifs is 1. The topological polar surface area (TPSA) is 84.2 Å². The van der Waals surface area contributed by atoms with Crippen molar-refractivity contribution in [2.45, 2.75) is 33.6 Å². The van der Waals surface area contributed by atoms with Gasteiger partial charge in [-0.25, -0.2) is 4.98 Å². The predicted octanol–water partition coefficient (Wildman–Crippen LogP) is 3.40. The first kappa shape index (κ1) is 17.5. The first-order valence-corrected chi connectivity index (χ1v) is 9.23. The third-order valence-electron chi connectivity index (χ3n) is 5.23. The van der Waals surface area contributed by atoms with Gasteiger partial charge in [-0.3, -0.25) is 4.79 Å². The smallest absolute Gasteiger partial charge is 0.263 e. The lowest BCUT2D eigenvalue weighted by atomic mass is 9.95. The first-order valence-electron chi connectivity index (χ1n) is 9.23. The Labute approximate surface area is 157 Å². The number of carbonyl (C=O) groups is 1. The van der Waals surface area contributed by atoms with Crippen LogP contribution in [0.3, 0.4) is 0 Å². The highest BCUT2D eigenvalue weighted by atomic mass is 16.5. The molecule has 0 aliphatic carbocycles. The molecular formula is C20H23N5O2. The van der Waals surface area contributed by atoms with E-state index in [9.17, 15) is 4.79 Å². The Morgan fingerprint density at radius 1 is 1.19 bits per heavy atom. The summed E-state index contributed by atoms with van der Waals surface area (Å²) in [4.78, 5) is 23.4. The number of benzene rings is 1. The lowest BCUT2D eigenvalue weighted by molar-refractivity contribution is -0.120. The minimum absolute atomic E-state index is 0.00264. The average molecular weight is 365 g/mol. The number of nitrogens with one attached hydrogen (secondary N) is 1. The number of aryl methyl sites for hydroxylation is 3. The zero-order chi connectivity index (χ0) is 19.0. The van der Waals surface area contributed by atoms with Gasteiger partial charge in [-0.15, -0.1) is 0 Å². The summed E-state index contributed by atoms with van der Waals surface area (Å²) in [6.07, 6.45) is 3.07. The van der Waals surface area contributed by atoms with Crippen LogP contribution in [0.5, 0.6) is 0 Å². The van der Waals surface area contributed by atoms with Gasteiger partial charge in [0.15, 0.2) is 0 Å². The maximum absolute atomic E-state index is 12.7. The highest BCUT2D eigenvalue weighted by Gasteiger charge is 2.27. The van der Waals surface area contributed by atoms with Crippen molar-refractivity contribution in [3.63, 3.8) is 0 Å². The van der Waals surface area contributed by atoms with Crippen molar-refractivity contribution in [1.29, 1.82) is 0 Å². The van der Waals surface area contributed by atoms with Crippen molar-refractivity contribution in [2.24, 2.45) is 5.92 Å². The molecule has 1 N–H and O–H groups in total. The van der Waals surface area contributed by atoms with E-state index in [2.05, 4.69) is 38.3 Å². The second-order valence-corrected chi connectivity index (χ2v) is 7.21. The molecule has 4 rings (SSSR count). The Morgan fingerprint density at radius 2 is 1.96 bits per heavy atom. The molecule has 1 aromatic carbocycles. The Bertz CT molecular complexity index is 989. The fourth-order valence-corrected chi connectivity index (χ4v) is 3.69. The van der Waals surface area contributed by atoms with Gasteiger partial charge < -0.3 is 14.7 Å². The van der Waals surface area contributed by atoms with Crippen molar-refractivity contribution in [3.8, 4) is 0 Å². The molecule has 3 aromatic rings. The zero-order valence-corrected chi connectivity index (χ0v) is 15.8. The molecule has 27 heavy (non-hydrogen) atoms. The number of amides is 1. The summed E-state index contributed by atoms with van der Waals surface area (Å²) in [5.41, 5.74) is 4.47. The predicted molar refractivity (Wildman–Crippen MR) is 104 cm³/mol. The molecule has 0 saturated carbocycles. The van der Waals surface area contributed by atoms with Crippen molar-refractivity contribution in [2.75, 3.05) is 23.3 Å². The van der Waals surface area contributed by atoms with Gasteiger partial charge in [0, 0.05) is 24.7 Å². The minimum Gasteiger partial charge on any atom is -0.356 e. The number of rotatable bonds is 3. The molecule has 2 aromatic heterocycles. The van der Waals surface area contributed by atoms with Crippen LogP contribution in [-0.4, -0.2) is 34.1 Å². The molecule has 1 aliphatic rings. The number of piperidine rings is 1. The standard InChI is InChI=1S/C20H23N5O2/c1-12-4-5-16(13(2)10-12)23-19(26)15-6-8-25(9-7-15)18-17-14(3)24-27-20(17)22-11-21-18/h4-5,10-11,15H,6-9H2,1-3H3,(H,23,26). The van der Waals surface area contributed by atoms with Gasteiger partial charge in [-0.1, -0.05) is 22.9 Å². The van der Waals surface area contributed by atoms with Crippen molar-refractivity contribution >= 4 is 28.5 Å². The number of nitrogens with zero attached hydrogens (tertiary/aromatic N) is 4. The summed E-state index contributed by atoms with van der Waals surface area (Å²) in [5, 5.41) is 7.93. The molecule has 1 amide bonds. The molecule has 0 spiro atoms. The van der Waals surface area contributed by atoms with E-state index < -0.39 is 0 Å². The minimum atomic E-state index is 0.00264. The highest BCUT2D eigenvalue weighted by molar-refractivity contribution is 5.93. The van der Waals surface area contributed by atoms with Crippen LogP contribution in [0.15, 0.2) is 29.0 Å². The van der Waals surface area contributed by atoms with Crippen LogP contribution < -0.4 is 10.2 Å². The summed E-state index contributed by atoms with van der Waals surface area (Å²) in [6.45, 7) is 7.49. The van der Waals surface area contributed by atoms with E-state index >= 15 is 0 Å². The van der Waals surface area contributed by atoms with E-state index in [0.717, 1.165) is 54.1 Å². The molecule has 1 fully saturated rings. The largest absolute Gasteiger partial charge is 0.356 e. The van der Waals surface area contributed by atoms with E-state index in [4.69, 9.17) is 4.52 Å². The number of hydrogen-bond donors (Lipinski definition) is 1. The lowest BCUT2D eigenvalue weighted by Crippen LogP contribution is -2.38. The van der Waals surface area contributed by atoms with E-state index in [0.29, 0.717) is 5.71 Å². The van der Waals surface area contributed by atoms with Gasteiger partial charge in [0.2, 0.25) is 5.91 Å². The Morgan fingerprint density at radius 3 is 2.70 bits per heavy atom. The molecule has 1 saturated heterocycles. The van der Waals surface area contributed by atoms with Gasteiger partial charge >= 0.3 is 0 Å². The van der Waals surface area contributed by atoms with Gasteiger partial charge in [-0.2, -0.15) is 4.98 Å². The molecule has 0 bridgehead atoms. The number of hydrogen-bond acceptors (Lipinski definition) is 6. The maximum atomic E-state index is 12.7. The highest BCUT2D eigenvalue weighted by Crippen LogP contribution is 2.30. The zero-order valence-electron chi connectivity index (χ0n) is 15.8. The quantitative estimate of drug-likeness (QED) is 0.766. The molecule has 0 radical (unpaired) electrons. The molecule has 7 heteroatoms.